The average Bonchev–Trinajstić information content (AvgIpc) is 2.52. The Bertz CT molecular complexity index is 643. The van der Waals surface area contributed by atoms with Crippen LogP contribution in [-0.2, 0) is 6.54 Å². The summed E-state index contributed by atoms with van der Waals surface area (Å²) < 4.78 is 23.5. The molecule has 2 aromatic rings. The zero-order valence-corrected chi connectivity index (χ0v) is 11.9. The van der Waals surface area contributed by atoms with E-state index in [0.717, 1.165) is 0 Å². The number of ether oxygens (including phenoxy) is 2. The molecule has 5 heteroatoms. The van der Waals surface area contributed by atoms with Crippen molar-refractivity contribution in [2.75, 3.05) is 14.2 Å². The molecule has 0 unspecified atom stereocenters. The summed E-state index contributed by atoms with van der Waals surface area (Å²) in [5.41, 5.74) is 1.05. The first-order valence-corrected chi connectivity index (χ1v) is 6.38. The minimum atomic E-state index is -0.374. The van der Waals surface area contributed by atoms with Crippen LogP contribution in [0.3, 0.4) is 0 Å². The monoisotopic (exact) mass is 289 g/mol. The zero-order valence-electron chi connectivity index (χ0n) is 11.9. The van der Waals surface area contributed by atoms with Gasteiger partial charge in [0.25, 0.3) is 5.91 Å². The maximum atomic E-state index is 13.2. The Morgan fingerprint density at radius 3 is 2.67 bits per heavy atom. The first kappa shape index (κ1) is 14.8. The molecule has 21 heavy (non-hydrogen) atoms. The van der Waals surface area contributed by atoms with E-state index < -0.39 is 0 Å². The van der Waals surface area contributed by atoms with Gasteiger partial charge < -0.3 is 14.8 Å². The molecule has 1 amide bonds. The number of nitrogens with one attached hydrogen (secondary N) is 1. The Morgan fingerprint density at radius 1 is 1.14 bits per heavy atom. The number of halogens is 1. The first-order chi connectivity index (χ1) is 10.1. The highest BCUT2D eigenvalue weighted by atomic mass is 19.1. The third-order valence-corrected chi connectivity index (χ3v) is 3.01. The first-order valence-electron chi connectivity index (χ1n) is 6.38. The van der Waals surface area contributed by atoms with Gasteiger partial charge in [-0.3, -0.25) is 4.79 Å². The molecule has 0 aliphatic carbocycles. The van der Waals surface area contributed by atoms with Gasteiger partial charge in [-0.25, -0.2) is 4.39 Å². The van der Waals surface area contributed by atoms with Crippen molar-refractivity contribution < 1.29 is 18.7 Å². The average molecular weight is 289 g/mol. The maximum absolute atomic E-state index is 13.2. The van der Waals surface area contributed by atoms with Gasteiger partial charge >= 0.3 is 0 Å². The third-order valence-electron chi connectivity index (χ3n) is 3.01. The number of carbonyl (C=O) groups excluding carboxylic acids is 1. The topological polar surface area (TPSA) is 47.6 Å². The second kappa shape index (κ2) is 6.74. The van der Waals surface area contributed by atoms with Gasteiger partial charge in [-0.1, -0.05) is 6.07 Å². The zero-order chi connectivity index (χ0) is 15.2. The normalized spacial score (nSPS) is 10.0. The van der Waals surface area contributed by atoms with Crippen LogP contribution in [0, 0.1) is 5.82 Å². The van der Waals surface area contributed by atoms with Crippen molar-refractivity contribution in [1.82, 2.24) is 5.32 Å². The fourth-order valence-electron chi connectivity index (χ4n) is 1.93. The van der Waals surface area contributed by atoms with Crippen LogP contribution in [-0.4, -0.2) is 20.1 Å². The molecule has 0 saturated heterocycles. The molecule has 2 aromatic carbocycles. The van der Waals surface area contributed by atoms with Crippen LogP contribution in [0.15, 0.2) is 42.5 Å². The minimum absolute atomic E-state index is 0.178. The van der Waals surface area contributed by atoms with Crippen molar-refractivity contribution in [1.29, 1.82) is 0 Å². The number of hydrogen-bond donors (Lipinski definition) is 1. The molecule has 0 aromatic heterocycles. The fraction of sp³-hybridized carbons (Fsp3) is 0.188. The quantitative estimate of drug-likeness (QED) is 0.920. The Labute approximate surface area is 122 Å². The summed E-state index contributed by atoms with van der Waals surface area (Å²) in [6, 6.07) is 11.0. The number of amides is 1. The van der Waals surface area contributed by atoms with E-state index in [1.165, 1.54) is 32.4 Å². The molecule has 0 heterocycles. The number of rotatable bonds is 5. The highest BCUT2D eigenvalue weighted by Crippen LogP contribution is 2.19. The molecule has 4 nitrogen and oxygen atoms in total. The van der Waals surface area contributed by atoms with Gasteiger partial charge in [0.05, 0.1) is 14.2 Å². The summed E-state index contributed by atoms with van der Waals surface area (Å²) in [5, 5.41) is 2.73. The van der Waals surface area contributed by atoms with Crippen molar-refractivity contribution in [2.24, 2.45) is 0 Å². The van der Waals surface area contributed by atoms with Gasteiger partial charge in [0, 0.05) is 17.7 Å². The van der Waals surface area contributed by atoms with Crippen LogP contribution < -0.4 is 14.8 Å². The Kier molecular flexibility index (Phi) is 4.77. The van der Waals surface area contributed by atoms with Gasteiger partial charge in [-0.15, -0.1) is 0 Å². The van der Waals surface area contributed by atoms with Crippen LogP contribution in [0.2, 0.25) is 0 Å². The summed E-state index contributed by atoms with van der Waals surface area (Å²) >= 11 is 0. The molecular weight excluding hydrogens is 273 g/mol. The van der Waals surface area contributed by atoms with Crippen LogP contribution in [0.4, 0.5) is 4.39 Å². The van der Waals surface area contributed by atoms with Gasteiger partial charge in [-0.2, -0.15) is 0 Å². The van der Waals surface area contributed by atoms with Gasteiger partial charge in [0.15, 0.2) is 0 Å². The largest absolute Gasteiger partial charge is 0.497 e. The molecule has 0 aliphatic heterocycles. The fourth-order valence-corrected chi connectivity index (χ4v) is 1.93. The van der Waals surface area contributed by atoms with Gasteiger partial charge in [0.2, 0.25) is 0 Å². The highest BCUT2D eigenvalue weighted by molar-refractivity contribution is 5.94. The lowest BCUT2D eigenvalue weighted by Gasteiger charge is -2.10. The number of methoxy groups -OCH3 is 2. The number of carbonyl (C=O) groups is 1. The van der Waals surface area contributed by atoms with E-state index in [9.17, 15) is 9.18 Å². The lowest BCUT2D eigenvalue weighted by Crippen LogP contribution is -2.23. The van der Waals surface area contributed by atoms with E-state index in [1.807, 2.05) is 0 Å². The predicted molar refractivity (Wildman–Crippen MR) is 77.1 cm³/mol. The molecule has 0 atom stereocenters. The molecule has 0 fully saturated rings. The number of hydrogen-bond acceptors (Lipinski definition) is 3. The predicted octanol–water partition coefficient (Wildman–Crippen LogP) is 2.77. The molecule has 0 bridgehead atoms. The second-order valence-electron chi connectivity index (χ2n) is 4.37. The number of benzene rings is 2. The molecule has 1 N–H and O–H groups in total. The lowest BCUT2D eigenvalue weighted by atomic mass is 10.1. The van der Waals surface area contributed by atoms with Gasteiger partial charge in [-0.05, 0) is 36.4 Å². The van der Waals surface area contributed by atoms with Crippen LogP contribution in [0.25, 0.3) is 0 Å². The molecule has 110 valence electrons. The molecule has 0 spiro atoms. The molecule has 2 rings (SSSR count). The molecule has 0 aliphatic rings. The van der Waals surface area contributed by atoms with Crippen molar-refractivity contribution in [3.8, 4) is 11.5 Å². The van der Waals surface area contributed by atoms with Crippen LogP contribution in [0.1, 0.15) is 15.9 Å². The van der Waals surface area contributed by atoms with Crippen LogP contribution >= 0.6 is 0 Å². The van der Waals surface area contributed by atoms with E-state index in [0.29, 0.717) is 22.6 Å². The van der Waals surface area contributed by atoms with E-state index in [-0.39, 0.29) is 18.3 Å². The Morgan fingerprint density at radius 2 is 1.95 bits per heavy atom. The second-order valence-corrected chi connectivity index (χ2v) is 4.37. The summed E-state index contributed by atoms with van der Waals surface area (Å²) in [6.45, 7) is 0.178. The summed E-state index contributed by atoms with van der Waals surface area (Å²) in [5.74, 6) is 0.495. The maximum Gasteiger partial charge on any atom is 0.251 e. The van der Waals surface area contributed by atoms with E-state index in [4.69, 9.17) is 9.47 Å². The van der Waals surface area contributed by atoms with Crippen molar-refractivity contribution in [3.63, 3.8) is 0 Å². The highest BCUT2D eigenvalue weighted by Gasteiger charge is 2.09. The summed E-state index contributed by atoms with van der Waals surface area (Å²) in [4.78, 5) is 12.1. The molecule has 0 radical (unpaired) electrons. The summed E-state index contributed by atoms with van der Waals surface area (Å²) in [7, 11) is 3.04. The molecule has 0 saturated carbocycles. The SMILES string of the molecule is COc1cccc(C(=O)NCc2cc(F)ccc2OC)c1. The summed E-state index contributed by atoms with van der Waals surface area (Å²) in [6.07, 6.45) is 0. The lowest BCUT2D eigenvalue weighted by molar-refractivity contribution is 0.0950. The standard InChI is InChI=1S/C16H16FNO3/c1-20-14-5-3-4-11(9-14)16(19)18-10-12-8-13(17)6-7-15(12)21-2/h3-9H,10H2,1-2H3,(H,18,19). The smallest absolute Gasteiger partial charge is 0.251 e. The van der Waals surface area contributed by atoms with E-state index >= 15 is 0 Å². The third kappa shape index (κ3) is 3.72. The van der Waals surface area contributed by atoms with Crippen molar-refractivity contribution >= 4 is 5.91 Å². The van der Waals surface area contributed by atoms with Gasteiger partial charge in [0.1, 0.15) is 17.3 Å². The van der Waals surface area contributed by atoms with Crippen molar-refractivity contribution in [3.05, 3.63) is 59.4 Å². The minimum Gasteiger partial charge on any atom is -0.497 e. The van der Waals surface area contributed by atoms with E-state index in [2.05, 4.69) is 5.32 Å². The van der Waals surface area contributed by atoms with Crippen molar-refractivity contribution in [2.45, 2.75) is 6.54 Å². The van der Waals surface area contributed by atoms with E-state index in [1.54, 1.807) is 24.3 Å². The van der Waals surface area contributed by atoms with Crippen LogP contribution in [0.5, 0.6) is 11.5 Å². The Balaban J connectivity index is 2.08. The molecular formula is C16H16FNO3. The Hall–Kier alpha value is -2.56.